The number of aliphatic hydroxyl groups excluding tert-OH is 1. The molecule has 1 spiro atoms. The van der Waals surface area contributed by atoms with Gasteiger partial charge in [-0.3, -0.25) is 14.4 Å². The fourth-order valence-corrected chi connectivity index (χ4v) is 12.6. The van der Waals surface area contributed by atoms with Crippen LogP contribution in [-0.4, -0.2) is 50.7 Å². The molecule has 2 aliphatic rings. The second-order valence-electron chi connectivity index (χ2n) is 15.1. The van der Waals surface area contributed by atoms with Crippen LogP contribution in [0.25, 0.3) is 0 Å². The van der Waals surface area contributed by atoms with Crippen molar-refractivity contribution >= 4 is 59.4 Å². The highest BCUT2D eigenvalue weighted by Crippen LogP contribution is 2.60. The molecule has 0 unspecified atom stereocenters. The van der Waals surface area contributed by atoms with Crippen LogP contribution in [0.5, 0.6) is 5.75 Å². The van der Waals surface area contributed by atoms with Crippen molar-refractivity contribution < 1.29 is 29.0 Å². The van der Waals surface area contributed by atoms with Gasteiger partial charge in [0.15, 0.2) is 5.60 Å². The minimum atomic E-state index is -2.42. The molecule has 1 fully saturated rings. The predicted octanol–water partition coefficient (Wildman–Crippen LogP) is 6.51. The van der Waals surface area contributed by atoms with Crippen LogP contribution < -0.4 is 36.9 Å². The maximum absolute atomic E-state index is 15.3. The minimum Gasteiger partial charge on any atom is -0.497 e. The molecule has 3 amide bonds. The second-order valence-corrected chi connectivity index (χ2v) is 19.8. The maximum atomic E-state index is 15.3. The number of nitrogen functional groups attached to an aromatic ring is 2. The number of hydrogen-bond acceptors (Lipinski definition) is 8. The molecule has 0 radical (unpaired) electrons. The third-order valence-corrected chi connectivity index (χ3v) is 15.7. The van der Waals surface area contributed by atoms with Crippen LogP contribution in [0.2, 0.25) is 18.6 Å². The number of amides is 3. The molecule has 0 aromatic heterocycles. The Hall–Kier alpha value is -5.95. The monoisotopic (exact) mass is 769 g/mol. The summed E-state index contributed by atoms with van der Waals surface area (Å²) in [4.78, 5) is 43.4. The highest BCUT2D eigenvalue weighted by molar-refractivity contribution is 6.91. The molecule has 4 atom stereocenters. The third-order valence-electron chi connectivity index (χ3n) is 11.4. The van der Waals surface area contributed by atoms with E-state index in [1.165, 1.54) is 5.19 Å². The lowest BCUT2D eigenvalue weighted by Gasteiger charge is -2.37. The van der Waals surface area contributed by atoms with Crippen molar-refractivity contribution in [3.63, 3.8) is 0 Å². The molecule has 7 N–H and O–H groups in total. The molecule has 0 aliphatic carbocycles. The van der Waals surface area contributed by atoms with Crippen molar-refractivity contribution in [2.45, 2.75) is 50.2 Å². The molecule has 5 aromatic rings. The highest BCUT2D eigenvalue weighted by atomic mass is 28.3. The quantitative estimate of drug-likeness (QED) is 0.0749. The molecular weight excluding hydrogens is 723 g/mol. The number of nitrogens with two attached hydrogens (primary N) is 2. The molecular formula is C44H47N5O6Si. The van der Waals surface area contributed by atoms with Gasteiger partial charge in [-0.1, -0.05) is 49.5 Å². The van der Waals surface area contributed by atoms with E-state index < -0.39 is 19.8 Å². The Morgan fingerprint density at radius 3 is 2.00 bits per heavy atom. The largest absolute Gasteiger partial charge is 0.497 e. The number of hydrogen-bond donors (Lipinski definition) is 5. The van der Waals surface area contributed by atoms with E-state index in [0.717, 1.165) is 11.3 Å². The van der Waals surface area contributed by atoms with Gasteiger partial charge >= 0.3 is 0 Å². The summed E-state index contributed by atoms with van der Waals surface area (Å²) >= 11 is 0. The van der Waals surface area contributed by atoms with Gasteiger partial charge < -0.3 is 41.6 Å². The number of methoxy groups -OCH3 is 1. The smallest absolute Gasteiger partial charge is 0.264 e. The lowest BCUT2D eigenvalue weighted by Crippen LogP contribution is -2.51. The van der Waals surface area contributed by atoms with Crippen molar-refractivity contribution in [3.05, 3.63) is 138 Å². The Labute approximate surface area is 327 Å². The molecule has 11 nitrogen and oxygen atoms in total. The van der Waals surface area contributed by atoms with Gasteiger partial charge in [-0.15, -0.1) is 0 Å². The Balaban J connectivity index is 1.27. The van der Waals surface area contributed by atoms with E-state index in [-0.39, 0.29) is 42.3 Å². The predicted molar refractivity (Wildman–Crippen MR) is 223 cm³/mol. The summed E-state index contributed by atoms with van der Waals surface area (Å²) in [6, 6.07) is 34.4. The summed E-state index contributed by atoms with van der Waals surface area (Å²) < 4.78 is 12.5. The Kier molecular flexibility index (Phi) is 10.5. The van der Waals surface area contributed by atoms with Crippen molar-refractivity contribution in [1.29, 1.82) is 0 Å². The summed E-state index contributed by atoms with van der Waals surface area (Å²) in [7, 11) is -0.779. The first-order valence-electron chi connectivity index (χ1n) is 18.7. The normalized spacial score (nSPS) is 20.2. The zero-order valence-electron chi connectivity index (χ0n) is 31.9. The van der Waals surface area contributed by atoms with E-state index in [9.17, 15) is 14.7 Å². The first kappa shape index (κ1) is 38.3. The zero-order chi connectivity index (χ0) is 39.8. The molecule has 7 rings (SSSR count). The molecule has 12 heteroatoms. The zero-order valence-corrected chi connectivity index (χ0v) is 32.9. The molecule has 0 saturated carbocycles. The number of benzene rings is 5. The minimum absolute atomic E-state index is 0.0697. The fraction of sp³-hybridized carbons (Fsp3) is 0.250. The number of nitrogens with zero attached hydrogens (tertiary/aromatic N) is 1. The van der Waals surface area contributed by atoms with Crippen LogP contribution in [0.4, 0.5) is 28.4 Å². The van der Waals surface area contributed by atoms with Gasteiger partial charge in [0.2, 0.25) is 0 Å². The van der Waals surface area contributed by atoms with E-state index >= 15 is 4.79 Å². The average molecular weight is 770 g/mol. The van der Waals surface area contributed by atoms with Crippen LogP contribution in [-0.2, 0) is 21.7 Å². The number of fused-ring (bicyclic) bond motifs is 2. The van der Waals surface area contributed by atoms with Crippen LogP contribution in [0.15, 0.2) is 115 Å². The summed E-state index contributed by atoms with van der Waals surface area (Å²) in [5, 5.41) is 17.5. The van der Waals surface area contributed by atoms with Crippen molar-refractivity contribution in [3.8, 4) is 5.75 Å². The Morgan fingerprint density at radius 1 is 0.839 bits per heavy atom. The summed E-state index contributed by atoms with van der Waals surface area (Å²) in [6.45, 7) is 6.75. The van der Waals surface area contributed by atoms with Crippen LogP contribution in [0.1, 0.15) is 45.2 Å². The lowest BCUT2D eigenvalue weighted by molar-refractivity contribution is -0.146. The van der Waals surface area contributed by atoms with Crippen LogP contribution in [0.3, 0.4) is 0 Å². The number of nitrogens with one attached hydrogen (secondary N) is 2. The molecule has 56 heavy (non-hydrogen) atoms. The number of anilines is 5. The van der Waals surface area contributed by atoms with Gasteiger partial charge in [0, 0.05) is 52.0 Å². The lowest BCUT2D eigenvalue weighted by atomic mass is 9.82. The second kappa shape index (κ2) is 15.3. The number of rotatable bonds is 11. The molecule has 0 bridgehead atoms. The van der Waals surface area contributed by atoms with E-state index in [1.54, 1.807) is 72.7 Å². The van der Waals surface area contributed by atoms with E-state index in [1.807, 2.05) is 42.5 Å². The molecule has 2 aliphatic heterocycles. The van der Waals surface area contributed by atoms with Gasteiger partial charge in [-0.05, 0) is 109 Å². The van der Waals surface area contributed by atoms with Gasteiger partial charge in [0.1, 0.15) is 5.75 Å². The topological polar surface area (TPSA) is 169 Å². The third kappa shape index (κ3) is 7.02. The van der Waals surface area contributed by atoms with Gasteiger partial charge in [-0.2, -0.15) is 0 Å². The first-order valence-corrected chi connectivity index (χ1v) is 21.8. The maximum Gasteiger partial charge on any atom is 0.264 e. The summed E-state index contributed by atoms with van der Waals surface area (Å²) in [6.07, 6.45) is -0.0645. The Morgan fingerprint density at radius 2 is 1.43 bits per heavy atom. The standard InChI is InChI=1S/C44H47N5O6Si/c1-27-40(56(3,4)36-19-17-35(54-2)18-20-36)39(22-23-50)55-44(27)37-25-34(48-42(52)30-10-14-32(46)15-11-30)16-21-38(37)49(43(44)53)26-28-6-5-7-33(24-28)47-41(51)29-8-12-31(45)13-9-29/h5-21,24-25,27,39-40,50H,22-23,26,45-46H2,1-4H3,(H,47,51)(H,48,52)/t27-,39+,40-,44+/m1/s1. The summed E-state index contributed by atoms with van der Waals surface area (Å²) in [5.74, 6) is -0.371. The summed E-state index contributed by atoms with van der Waals surface area (Å²) in [5.41, 5.74) is 15.4. The highest BCUT2D eigenvalue weighted by Gasteiger charge is 2.66. The number of ether oxygens (including phenoxy) is 2. The van der Waals surface area contributed by atoms with Crippen molar-refractivity contribution in [2.75, 3.05) is 40.7 Å². The number of carbonyl (C=O) groups is 3. The van der Waals surface area contributed by atoms with Crippen LogP contribution in [0, 0.1) is 5.92 Å². The van der Waals surface area contributed by atoms with E-state index in [0.29, 0.717) is 51.5 Å². The van der Waals surface area contributed by atoms with Gasteiger partial charge in [0.05, 0.1) is 33.5 Å². The van der Waals surface area contributed by atoms with Crippen molar-refractivity contribution in [2.24, 2.45) is 5.92 Å². The van der Waals surface area contributed by atoms with Crippen LogP contribution >= 0.6 is 0 Å². The fourth-order valence-electron chi connectivity index (χ4n) is 8.55. The SMILES string of the molecule is COc1ccc([Si](C)(C)[C@H]2[C@H](CCO)O[C@@]3(C(=O)N(Cc4cccc(NC(=O)c5ccc(N)cc5)c4)c4ccc(NC(=O)c5ccc(N)cc5)cc43)[C@@H]2C)cc1. The molecule has 288 valence electrons. The Bertz CT molecular complexity index is 2260. The average Bonchev–Trinajstić information content (AvgIpc) is 3.61. The number of carbonyl (C=O) groups excluding carboxylic acids is 3. The van der Waals surface area contributed by atoms with E-state index in [2.05, 4.69) is 42.8 Å². The first-order chi connectivity index (χ1) is 26.8. The van der Waals surface area contributed by atoms with Gasteiger partial charge in [0.25, 0.3) is 17.7 Å². The van der Waals surface area contributed by atoms with E-state index in [4.69, 9.17) is 20.9 Å². The molecule has 5 aromatic carbocycles. The number of aliphatic hydroxyl groups is 1. The molecule has 2 heterocycles. The van der Waals surface area contributed by atoms with Gasteiger partial charge in [-0.25, -0.2) is 0 Å². The molecule has 1 saturated heterocycles. The van der Waals surface area contributed by atoms with Crippen molar-refractivity contribution in [1.82, 2.24) is 0 Å².